The minimum atomic E-state index is -0.148. The van der Waals surface area contributed by atoms with Crippen LogP contribution in [0.15, 0.2) is 36.4 Å². The van der Waals surface area contributed by atoms with Crippen LogP contribution in [0.3, 0.4) is 0 Å². The van der Waals surface area contributed by atoms with E-state index in [1.54, 1.807) is 6.07 Å². The molecule has 2 nitrogen and oxygen atoms in total. The molecule has 0 saturated carbocycles. The Bertz CT molecular complexity index is 597. The third-order valence-corrected chi connectivity index (χ3v) is 3.75. The fourth-order valence-corrected chi connectivity index (χ4v) is 2.67. The van der Waals surface area contributed by atoms with E-state index in [9.17, 15) is 0 Å². The SMILES string of the molecule is Cc1ccc(C)c(C(NN)c2ccc(Cl)cc2Cl)c1. The third kappa shape index (κ3) is 3.10. The van der Waals surface area contributed by atoms with Gasteiger partial charge in [0.1, 0.15) is 0 Å². The number of hydrogen-bond donors (Lipinski definition) is 2. The molecule has 4 heteroatoms. The maximum absolute atomic E-state index is 6.27. The lowest BCUT2D eigenvalue weighted by Gasteiger charge is -2.21. The predicted octanol–water partition coefficient (Wildman–Crippen LogP) is 4.16. The molecule has 0 aliphatic rings. The van der Waals surface area contributed by atoms with E-state index in [0.29, 0.717) is 10.0 Å². The van der Waals surface area contributed by atoms with Gasteiger partial charge in [-0.15, -0.1) is 0 Å². The van der Waals surface area contributed by atoms with E-state index in [-0.39, 0.29) is 6.04 Å². The molecular formula is C15H16Cl2N2. The van der Waals surface area contributed by atoms with Crippen molar-refractivity contribution < 1.29 is 0 Å². The molecule has 1 atom stereocenters. The molecular weight excluding hydrogens is 279 g/mol. The number of nitrogens with one attached hydrogen (secondary N) is 1. The fourth-order valence-electron chi connectivity index (χ4n) is 2.15. The van der Waals surface area contributed by atoms with Crippen molar-refractivity contribution in [3.8, 4) is 0 Å². The molecule has 0 heterocycles. The van der Waals surface area contributed by atoms with Gasteiger partial charge in [0.15, 0.2) is 0 Å². The van der Waals surface area contributed by atoms with Crippen molar-refractivity contribution in [2.45, 2.75) is 19.9 Å². The summed E-state index contributed by atoms with van der Waals surface area (Å²) >= 11 is 12.2. The Balaban J connectivity index is 2.52. The van der Waals surface area contributed by atoms with Crippen molar-refractivity contribution in [2.24, 2.45) is 5.84 Å². The minimum absolute atomic E-state index is 0.148. The molecule has 0 aromatic heterocycles. The van der Waals surface area contributed by atoms with Crippen LogP contribution >= 0.6 is 23.2 Å². The Morgan fingerprint density at radius 2 is 1.74 bits per heavy atom. The topological polar surface area (TPSA) is 38.0 Å². The summed E-state index contributed by atoms with van der Waals surface area (Å²) in [5.74, 6) is 5.72. The van der Waals surface area contributed by atoms with E-state index in [0.717, 1.165) is 11.1 Å². The number of nitrogens with two attached hydrogens (primary N) is 1. The Morgan fingerprint density at radius 3 is 2.37 bits per heavy atom. The first-order valence-corrected chi connectivity index (χ1v) is 6.76. The zero-order chi connectivity index (χ0) is 14.0. The second-order valence-electron chi connectivity index (χ2n) is 4.63. The van der Waals surface area contributed by atoms with E-state index < -0.39 is 0 Å². The fraction of sp³-hybridized carbons (Fsp3) is 0.200. The van der Waals surface area contributed by atoms with Crippen LogP contribution in [0.5, 0.6) is 0 Å². The molecule has 2 aromatic rings. The molecule has 0 saturated heterocycles. The lowest BCUT2D eigenvalue weighted by atomic mass is 9.94. The quantitative estimate of drug-likeness (QED) is 0.659. The average molecular weight is 295 g/mol. The minimum Gasteiger partial charge on any atom is -0.271 e. The van der Waals surface area contributed by atoms with E-state index in [4.69, 9.17) is 29.0 Å². The lowest BCUT2D eigenvalue weighted by molar-refractivity contribution is 0.633. The Hall–Kier alpha value is -1.06. The highest BCUT2D eigenvalue weighted by molar-refractivity contribution is 6.35. The number of hydrogen-bond acceptors (Lipinski definition) is 2. The van der Waals surface area contributed by atoms with Gasteiger partial charge in [0.2, 0.25) is 0 Å². The Kier molecular flexibility index (Phi) is 4.48. The molecule has 3 N–H and O–H groups in total. The number of benzene rings is 2. The molecule has 0 aliphatic carbocycles. The standard InChI is InChI=1S/C15H16Cl2N2/c1-9-3-4-10(2)13(7-9)15(19-18)12-6-5-11(16)8-14(12)17/h3-8,15,19H,18H2,1-2H3. The van der Waals surface area contributed by atoms with Gasteiger partial charge in [-0.1, -0.05) is 53.0 Å². The smallest absolute Gasteiger partial charge is 0.0727 e. The molecule has 2 rings (SSSR count). The molecule has 0 aliphatic heterocycles. The summed E-state index contributed by atoms with van der Waals surface area (Å²) in [6.07, 6.45) is 0. The van der Waals surface area contributed by atoms with Crippen LogP contribution in [-0.4, -0.2) is 0 Å². The van der Waals surface area contributed by atoms with Crippen molar-refractivity contribution >= 4 is 23.2 Å². The maximum Gasteiger partial charge on any atom is 0.0727 e. The van der Waals surface area contributed by atoms with Gasteiger partial charge >= 0.3 is 0 Å². The lowest BCUT2D eigenvalue weighted by Crippen LogP contribution is -2.29. The van der Waals surface area contributed by atoms with Gasteiger partial charge in [-0.2, -0.15) is 0 Å². The van der Waals surface area contributed by atoms with Gasteiger partial charge in [0.25, 0.3) is 0 Å². The molecule has 0 bridgehead atoms. The van der Waals surface area contributed by atoms with Crippen molar-refractivity contribution in [3.63, 3.8) is 0 Å². The van der Waals surface area contributed by atoms with Crippen LogP contribution in [-0.2, 0) is 0 Å². The molecule has 0 amide bonds. The normalized spacial score (nSPS) is 12.5. The van der Waals surface area contributed by atoms with Crippen LogP contribution < -0.4 is 11.3 Å². The molecule has 0 spiro atoms. The molecule has 1 unspecified atom stereocenters. The second kappa shape index (κ2) is 5.93. The summed E-state index contributed by atoms with van der Waals surface area (Å²) in [4.78, 5) is 0. The van der Waals surface area contributed by atoms with Gasteiger partial charge in [0, 0.05) is 10.0 Å². The van der Waals surface area contributed by atoms with Gasteiger partial charge < -0.3 is 0 Å². The highest BCUT2D eigenvalue weighted by atomic mass is 35.5. The monoisotopic (exact) mass is 294 g/mol. The van der Waals surface area contributed by atoms with Gasteiger partial charge in [0.05, 0.1) is 6.04 Å². The molecule has 2 aromatic carbocycles. The number of halogens is 2. The van der Waals surface area contributed by atoms with E-state index in [1.807, 2.05) is 12.1 Å². The molecule has 0 fully saturated rings. The zero-order valence-corrected chi connectivity index (χ0v) is 12.4. The first-order valence-electron chi connectivity index (χ1n) is 6.01. The maximum atomic E-state index is 6.27. The summed E-state index contributed by atoms with van der Waals surface area (Å²) in [5.41, 5.74) is 7.22. The summed E-state index contributed by atoms with van der Waals surface area (Å²) in [6.45, 7) is 4.11. The predicted molar refractivity (Wildman–Crippen MR) is 81.5 cm³/mol. The largest absolute Gasteiger partial charge is 0.271 e. The van der Waals surface area contributed by atoms with Crippen molar-refractivity contribution in [1.29, 1.82) is 0 Å². The van der Waals surface area contributed by atoms with Crippen molar-refractivity contribution in [2.75, 3.05) is 0 Å². The number of rotatable bonds is 3. The second-order valence-corrected chi connectivity index (χ2v) is 5.47. The van der Waals surface area contributed by atoms with Crippen LogP contribution in [0.25, 0.3) is 0 Å². The summed E-state index contributed by atoms with van der Waals surface area (Å²) in [7, 11) is 0. The molecule has 100 valence electrons. The summed E-state index contributed by atoms with van der Waals surface area (Å²) in [5, 5.41) is 1.22. The van der Waals surface area contributed by atoms with Crippen molar-refractivity contribution in [1.82, 2.24) is 5.43 Å². The highest BCUT2D eigenvalue weighted by Gasteiger charge is 2.17. The number of hydrazine groups is 1. The molecule has 0 radical (unpaired) electrons. The Morgan fingerprint density at radius 1 is 1.00 bits per heavy atom. The van der Waals surface area contributed by atoms with Crippen LogP contribution in [0.1, 0.15) is 28.3 Å². The summed E-state index contributed by atoms with van der Waals surface area (Å²) in [6, 6.07) is 11.6. The Labute approximate surface area is 123 Å². The van der Waals surface area contributed by atoms with E-state index in [2.05, 4.69) is 37.5 Å². The third-order valence-electron chi connectivity index (χ3n) is 3.19. The summed E-state index contributed by atoms with van der Waals surface area (Å²) < 4.78 is 0. The zero-order valence-electron chi connectivity index (χ0n) is 10.9. The van der Waals surface area contributed by atoms with Gasteiger partial charge in [-0.05, 0) is 42.7 Å². The molecule has 19 heavy (non-hydrogen) atoms. The highest BCUT2D eigenvalue weighted by Crippen LogP contribution is 2.31. The average Bonchev–Trinajstić information content (AvgIpc) is 2.36. The van der Waals surface area contributed by atoms with Crippen LogP contribution in [0.2, 0.25) is 10.0 Å². The first kappa shape index (κ1) is 14.4. The van der Waals surface area contributed by atoms with Gasteiger partial charge in [-0.25, -0.2) is 5.43 Å². The van der Waals surface area contributed by atoms with Gasteiger partial charge in [-0.3, -0.25) is 5.84 Å². The first-order chi connectivity index (χ1) is 9.02. The van der Waals surface area contributed by atoms with E-state index >= 15 is 0 Å². The van der Waals surface area contributed by atoms with Crippen LogP contribution in [0.4, 0.5) is 0 Å². The van der Waals surface area contributed by atoms with Crippen LogP contribution in [0, 0.1) is 13.8 Å². The van der Waals surface area contributed by atoms with Crippen molar-refractivity contribution in [3.05, 3.63) is 68.7 Å². The number of aryl methyl sites for hydroxylation is 2. The van der Waals surface area contributed by atoms with E-state index in [1.165, 1.54) is 11.1 Å².